The van der Waals surface area contributed by atoms with Gasteiger partial charge >= 0.3 is 11.8 Å². The highest BCUT2D eigenvalue weighted by Crippen LogP contribution is 2.26. The molecule has 0 aromatic rings. The fourth-order valence-corrected chi connectivity index (χ4v) is 2.91. The summed E-state index contributed by atoms with van der Waals surface area (Å²) >= 11 is 0. The molecular formula is C13H23N3O2. The van der Waals surface area contributed by atoms with Gasteiger partial charge in [0.25, 0.3) is 0 Å². The highest BCUT2D eigenvalue weighted by molar-refractivity contribution is 6.35. The molecular weight excluding hydrogens is 230 g/mol. The molecule has 1 aliphatic heterocycles. The number of rotatable bonds is 3. The maximum Gasteiger partial charge on any atom is 0.312 e. The maximum atomic E-state index is 11.8. The normalized spacial score (nSPS) is 24.6. The summed E-state index contributed by atoms with van der Waals surface area (Å²) in [5, 5.41) is 0. The number of nitrogens with two attached hydrogens (primary N) is 1. The third-order valence-corrected chi connectivity index (χ3v) is 4.21. The average molecular weight is 253 g/mol. The van der Waals surface area contributed by atoms with Crippen LogP contribution in [-0.4, -0.2) is 54.3 Å². The SMILES string of the molecule is CN1CCN(CC(N)C2CCCCC2)C(=O)C1=O. The molecule has 0 aromatic carbocycles. The number of amides is 2. The molecule has 0 radical (unpaired) electrons. The van der Waals surface area contributed by atoms with Gasteiger partial charge in [-0.05, 0) is 18.8 Å². The zero-order chi connectivity index (χ0) is 13.1. The molecule has 2 rings (SSSR count). The molecule has 2 fully saturated rings. The van der Waals surface area contributed by atoms with Crippen molar-refractivity contribution >= 4 is 11.8 Å². The fraction of sp³-hybridized carbons (Fsp3) is 0.846. The van der Waals surface area contributed by atoms with Gasteiger partial charge in [0.15, 0.2) is 0 Å². The summed E-state index contributed by atoms with van der Waals surface area (Å²) < 4.78 is 0. The van der Waals surface area contributed by atoms with E-state index < -0.39 is 11.8 Å². The van der Waals surface area contributed by atoms with Gasteiger partial charge in [-0.25, -0.2) is 0 Å². The molecule has 1 saturated heterocycles. The number of hydrogen-bond donors (Lipinski definition) is 1. The van der Waals surface area contributed by atoms with Gasteiger partial charge in [0.05, 0.1) is 0 Å². The molecule has 0 aromatic heterocycles. The molecule has 5 nitrogen and oxygen atoms in total. The third-order valence-electron chi connectivity index (χ3n) is 4.21. The summed E-state index contributed by atoms with van der Waals surface area (Å²) in [4.78, 5) is 26.5. The average Bonchev–Trinajstić information content (AvgIpc) is 2.40. The Morgan fingerprint density at radius 3 is 2.50 bits per heavy atom. The van der Waals surface area contributed by atoms with Gasteiger partial charge in [0.2, 0.25) is 0 Å². The molecule has 1 saturated carbocycles. The van der Waals surface area contributed by atoms with Gasteiger partial charge in [-0.15, -0.1) is 0 Å². The first-order valence-corrected chi connectivity index (χ1v) is 6.89. The molecule has 2 N–H and O–H groups in total. The topological polar surface area (TPSA) is 66.6 Å². The zero-order valence-corrected chi connectivity index (χ0v) is 11.1. The van der Waals surface area contributed by atoms with Gasteiger partial charge < -0.3 is 15.5 Å². The lowest BCUT2D eigenvalue weighted by molar-refractivity contribution is -0.155. The van der Waals surface area contributed by atoms with Crippen molar-refractivity contribution in [2.75, 3.05) is 26.7 Å². The predicted octanol–water partition coefficient (Wildman–Crippen LogP) is 0.195. The molecule has 1 atom stereocenters. The van der Waals surface area contributed by atoms with E-state index in [1.165, 1.54) is 24.2 Å². The monoisotopic (exact) mass is 253 g/mol. The van der Waals surface area contributed by atoms with Crippen LogP contribution in [0.25, 0.3) is 0 Å². The third kappa shape index (κ3) is 2.83. The van der Waals surface area contributed by atoms with Gasteiger partial charge in [0.1, 0.15) is 0 Å². The van der Waals surface area contributed by atoms with E-state index in [4.69, 9.17) is 5.73 Å². The largest absolute Gasteiger partial charge is 0.336 e. The number of piperazine rings is 1. The summed E-state index contributed by atoms with van der Waals surface area (Å²) in [6.07, 6.45) is 6.12. The Morgan fingerprint density at radius 1 is 1.17 bits per heavy atom. The van der Waals surface area contributed by atoms with Crippen molar-refractivity contribution in [1.29, 1.82) is 0 Å². The smallest absolute Gasteiger partial charge is 0.312 e. The molecule has 1 unspecified atom stereocenters. The number of nitrogens with zero attached hydrogens (tertiary/aromatic N) is 2. The molecule has 1 aliphatic carbocycles. The van der Waals surface area contributed by atoms with Crippen molar-refractivity contribution in [2.45, 2.75) is 38.1 Å². The quantitative estimate of drug-likeness (QED) is 0.730. The van der Waals surface area contributed by atoms with Crippen molar-refractivity contribution in [3.63, 3.8) is 0 Å². The van der Waals surface area contributed by atoms with E-state index in [2.05, 4.69) is 0 Å². The Bertz CT molecular complexity index is 326. The minimum Gasteiger partial charge on any atom is -0.336 e. The molecule has 1 heterocycles. The van der Waals surface area contributed by atoms with Crippen LogP contribution in [0.4, 0.5) is 0 Å². The minimum atomic E-state index is -0.405. The maximum absolute atomic E-state index is 11.8. The highest BCUT2D eigenvalue weighted by Gasteiger charge is 2.32. The summed E-state index contributed by atoms with van der Waals surface area (Å²) in [5.41, 5.74) is 6.20. The van der Waals surface area contributed by atoms with Crippen LogP contribution >= 0.6 is 0 Å². The van der Waals surface area contributed by atoms with Crippen molar-refractivity contribution in [2.24, 2.45) is 11.7 Å². The van der Waals surface area contributed by atoms with Gasteiger partial charge in [-0.1, -0.05) is 19.3 Å². The van der Waals surface area contributed by atoms with E-state index in [1.807, 2.05) is 0 Å². The van der Waals surface area contributed by atoms with Gasteiger partial charge in [0, 0.05) is 32.7 Å². The van der Waals surface area contributed by atoms with Gasteiger partial charge in [-0.2, -0.15) is 0 Å². The summed E-state index contributed by atoms with van der Waals surface area (Å²) in [7, 11) is 1.67. The standard InChI is InChI=1S/C13H23N3O2/c1-15-7-8-16(13(18)12(15)17)9-11(14)10-5-3-2-4-6-10/h10-11H,2-9,14H2,1H3. The first kappa shape index (κ1) is 13.3. The van der Waals surface area contributed by atoms with Crippen LogP contribution in [0, 0.1) is 5.92 Å². The Kier molecular flexibility index (Phi) is 4.22. The van der Waals surface area contributed by atoms with E-state index in [1.54, 1.807) is 11.9 Å². The van der Waals surface area contributed by atoms with Gasteiger partial charge in [-0.3, -0.25) is 9.59 Å². The predicted molar refractivity (Wildman–Crippen MR) is 68.8 cm³/mol. The van der Waals surface area contributed by atoms with E-state index in [-0.39, 0.29) is 6.04 Å². The van der Waals surface area contributed by atoms with E-state index in [9.17, 15) is 9.59 Å². The number of carbonyl (C=O) groups excluding carboxylic acids is 2. The summed E-state index contributed by atoms with van der Waals surface area (Å²) in [5.74, 6) is -0.284. The van der Waals surface area contributed by atoms with Crippen LogP contribution in [0.2, 0.25) is 0 Å². The molecule has 18 heavy (non-hydrogen) atoms. The van der Waals surface area contributed by atoms with E-state index in [0.717, 1.165) is 12.8 Å². The Balaban J connectivity index is 1.88. The summed E-state index contributed by atoms with van der Waals surface area (Å²) in [6.45, 7) is 1.76. The molecule has 102 valence electrons. The lowest BCUT2D eigenvalue weighted by Gasteiger charge is -2.35. The molecule has 0 spiro atoms. The Hall–Kier alpha value is -1.10. The van der Waals surface area contributed by atoms with Crippen molar-refractivity contribution in [3.8, 4) is 0 Å². The first-order valence-electron chi connectivity index (χ1n) is 6.89. The zero-order valence-electron chi connectivity index (χ0n) is 11.1. The second-order valence-corrected chi connectivity index (χ2v) is 5.54. The fourth-order valence-electron chi connectivity index (χ4n) is 2.91. The molecule has 2 aliphatic rings. The van der Waals surface area contributed by atoms with Crippen LogP contribution in [-0.2, 0) is 9.59 Å². The number of likely N-dealkylation sites (N-methyl/N-ethyl adjacent to an activating group) is 1. The number of hydrogen-bond acceptors (Lipinski definition) is 3. The molecule has 0 bridgehead atoms. The Morgan fingerprint density at radius 2 is 1.83 bits per heavy atom. The van der Waals surface area contributed by atoms with Crippen molar-refractivity contribution in [3.05, 3.63) is 0 Å². The lowest BCUT2D eigenvalue weighted by atomic mass is 9.84. The van der Waals surface area contributed by atoms with Crippen LogP contribution in [0.3, 0.4) is 0 Å². The van der Waals surface area contributed by atoms with Crippen molar-refractivity contribution < 1.29 is 9.59 Å². The van der Waals surface area contributed by atoms with Crippen molar-refractivity contribution in [1.82, 2.24) is 9.80 Å². The molecule has 2 amide bonds. The molecule has 5 heteroatoms. The lowest BCUT2D eigenvalue weighted by Crippen LogP contribution is -2.56. The van der Waals surface area contributed by atoms with E-state index >= 15 is 0 Å². The number of carbonyl (C=O) groups is 2. The van der Waals surface area contributed by atoms with E-state index in [0.29, 0.717) is 25.6 Å². The van der Waals surface area contributed by atoms with Crippen LogP contribution in [0.5, 0.6) is 0 Å². The summed E-state index contributed by atoms with van der Waals surface area (Å²) in [6, 6.07) is 0.0189. The van der Waals surface area contributed by atoms with Crippen LogP contribution < -0.4 is 5.73 Å². The second-order valence-electron chi connectivity index (χ2n) is 5.54. The van der Waals surface area contributed by atoms with Crippen LogP contribution in [0.15, 0.2) is 0 Å². The minimum absolute atomic E-state index is 0.0189. The van der Waals surface area contributed by atoms with Crippen LogP contribution in [0.1, 0.15) is 32.1 Å². The first-order chi connectivity index (χ1) is 8.59. The second kappa shape index (κ2) is 5.69. The highest BCUT2D eigenvalue weighted by atomic mass is 16.2. The Labute approximate surface area is 108 Å².